The first-order valence-corrected chi connectivity index (χ1v) is 26.0. The number of benzene rings is 3. The maximum absolute atomic E-state index is 15.3. The fourth-order valence-corrected chi connectivity index (χ4v) is 11.6. The number of aliphatic imine (C=N–C) groups is 1. The van der Waals surface area contributed by atoms with Crippen LogP contribution in [0.15, 0.2) is 89.6 Å². The molecule has 72 heavy (non-hydrogen) atoms. The summed E-state index contributed by atoms with van der Waals surface area (Å²) in [4.78, 5) is 55.2. The largest absolute Gasteiger partial charge is 0.489 e. The standard InChI is InChI=1S/C53H56ClFN10O5S2/c1-27(2)48(52(69)63-25-41(66)20-44(63)51(68)59-30(5)34-9-11-36(12-10-34)49-31(6)57-26-71-49)64-24-38(23-58-64)37-17-40(55)19-42(18-37)70-28(3)22-56-45(67)21-43-50-62-61-33(8)65(50)53-46(29(4)32(7)72-53)47(60-43)35-13-15-39(54)16-14-35/h9-19,23-24,26-28,30,41,43-44,48,66H,20-22,25H2,1-8H3,(H,56,67)(H,59,68)/t28-,30+,41-,43+,44+,48?/m1/s1. The Bertz CT molecular complexity index is 3180. The Kier molecular flexibility index (Phi) is 14.6. The number of nitrogens with one attached hydrogen (secondary N) is 2. The second-order valence-electron chi connectivity index (χ2n) is 18.9. The van der Waals surface area contributed by atoms with Crippen molar-refractivity contribution in [1.82, 2.24) is 45.1 Å². The molecule has 6 heterocycles. The number of aliphatic hydroxyl groups is 1. The number of β-amino-alcohol motifs (C(OH)–C–C–N with tert-alkyl or cyclic N) is 1. The van der Waals surface area contributed by atoms with Crippen LogP contribution < -0.4 is 15.4 Å². The zero-order valence-electron chi connectivity index (χ0n) is 41.2. The van der Waals surface area contributed by atoms with Gasteiger partial charge < -0.3 is 25.4 Å². The van der Waals surface area contributed by atoms with E-state index in [9.17, 15) is 19.5 Å². The van der Waals surface area contributed by atoms with Gasteiger partial charge in [0.25, 0.3) is 0 Å². The first-order chi connectivity index (χ1) is 34.4. The van der Waals surface area contributed by atoms with Gasteiger partial charge in [-0.2, -0.15) is 5.10 Å². The van der Waals surface area contributed by atoms with Gasteiger partial charge in [0, 0.05) is 51.8 Å². The Hall–Kier alpha value is -6.60. The van der Waals surface area contributed by atoms with Gasteiger partial charge in [0.15, 0.2) is 5.82 Å². The number of hydrogen-bond acceptors (Lipinski definition) is 12. The van der Waals surface area contributed by atoms with Crippen molar-refractivity contribution < 1.29 is 28.6 Å². The van der Waals surface area contributed by atoms with Crippen molar-refractivity contribution in [1.29, 1.82) is 0 Å². The summed E-state index contributed by atoms with van der Waals surface area (Å²) in [5.41, 5.74) is 9.37. The van der Waals surface area contributed by atoms with E-state index in [1.807, 2.05) is 93.2 Å². The normalized spacial score (nSPS) is 17.7. The first kappa shape index (κ1) is 50.3. The lowest BCUT2D eigenvalue weighted by Crippen LogP contribution is -2.49. The molecule has 2 aliphatic rings. The van der Waals surface area contributed by atoms with E-state index in [1.165, 1.54) is 21.7 Å². The summed E-state index contributed by atoms with van der Waals surface area (Å²) in [5.74, 6) is -0.340. The number of ether oxygens (including phenoxy) is 1. The van der Waals surface area contributed by atoms with E-state index in [4.69, 9.17) is 21.3 Å². The quantitative estimate of drug-likeness (QED) is 0.0902. The number of carbonyl (C=O) groups excluding carboxylic acids is 3. The maximum atomic E-state index is 15.3. The number of nitrogens with zero attached hydrogens (tertiary/aromatic N) is 8. The molecule has 1 fully saturated rings. The Morgan fingerprint density at radius 3 is 2.39 bits per heavy atom. The van der Waals surface area contributed by atoms with Gasteiger partial charge in [-0.15, -0.1) is 32.9 Å². The topological polar surface area (TPSA) is 182 Å². The lowest BCUT2D eigenvalue weighted by atomic mass is 9.99. The highest BCUT2D eigenvalue weighted by Gasteiger charge is 2.43. The third kappa shape index (κ3) is 10.4. The van der Waals surface area contributed by atoms with Crippen LogP contribution in [0.1, 0.15) is 103 Å². The first-order valence-electron chi connectivity index (χ1n) is 23.9. The highest BCUT2D eigenvalue weighted by Crippen LogP contribution is 2.40. The summed E-state index contributed by atoms with van der Waals surface area (Å²) >= 11 is 9.48. The summed E-state index contributed by atoms with van der Waals surface area (Å²) in [7, 11) is 0. The minimum Gasteiger partial charge on any atom is -0.489 e. The van der Waals surface area contributed by atoms with E-state index in [0.29, 0.717) is 27.8 Å². The van der Waals surface area contributed by atoms with Crippen molar-refractivity contribution in [3.05, 3.63) is 140 Å². The van der Waals surface area contributed by atoms with Crippen molar-refractivity contribution in [2.75, 3.05) is 13.1 Å². The van der Waals surface area contributed by atoms with Crippen LogP contribution in [0.25, 0.3) is 26.6 Å². The predicted molar refractivity (Wildman–Crippen MR) is 277 cm³/mol. The van der Waals surface area contributed by atoms with Crippen LogP contribution in [-0.4, -0.2) is 94.3 Å². The summed E-state index contributed by atoms with van der Waals surface area (Å²) in [6.45, 7) is 15.5. The van der Waals surface area contributed by atoms with Crippen molar-refractivity contribution in [3.8, 4) is 32.3 Å². The van der Waals surface area contributed by atoms with E-state index >= 15 is 4.39 Å². The van der Waals surface area contributed by atoms with Gasteiger partial charge in [0.05, 0.1) is 53.1 Å². The number of aryl methyl sites for hydroxylation is 3. The average Bonchev–Trinajstić information content (AvgIpc) is 4.19. The molecule has 1 saturated heterocycles. The number of aromatic nitrogens is 6. The van der Waals surface area contributed by atoms with Crippen LogP contribution in [-0.2, 0) is 14.4 Å². The van der Waals surface area contributed by atoms with Crippen molar-refractivity contribution >= 4 is 57.7 Å². The van der Waals surface area contributed by atoms with E-state index in [-0.39, 0.29) is 61.4 Å². The number of fused-ring (bicyclic) bond motifs is 3. The molecule has 3 N–H and O–H groups in total. The lowest BCUT2D eigenvalue weighted by molar-refractivity contribution is -0.142. The highest BCUT2D eigenvalue weighted by atomic mass is 35.5. The molecule has 2 aliphatic heterocycles. The third-order valence-electron chi connectivity index (χ3n) is 13.3. The zero-order chi connectivity index (χ0) is 51.1. The average molecular weight is 1030 g/mol. The number of thiazole rings is 1. The molecular weight excluding hydrogens is 975 g/mol. The molecule has 0 saturated carbocycles. The molecule has 19 heteroatoms. The second kappa shape index (κ2) is 20.9. The van der Waals surface area contributed by atoms with E-state index in [1.54, 1.807) is 48.1 Å². The van der Waals surface area contributed by atoms with Crippen LogP contribution >= 0.6 is 34.3 Å². The monoisotopic (exact) mass is 1030 g/mol. The molecule has 0 bridgehead atoms. The molecular formula is C53H56ClFN10O5S2. The predicted octanol–water partition coefficient (Wildman–Crippen LogP) is 9.24. The highest BCUT2D eigenvalue weighted by molar-refractivity contribution is 7.15. The molecule has 0 radical (unpaired) electrons. The van der Waals surface area contributed by atoms with Crippen molar-refractivity contribution in [2.24, 2.45) is 10.9 Å². The molecule has 0 aliphatic carbocycles. The summed E-state index contributed by atoms with van der Waals surface area (Å²) < 4.78 is 25.0. The maximum Gasteiger partial charge on any atom is 0.248 e. The van der Waals surface area contributed by atoms with Crippen LogP contribution in [0.3, 0.4) is 0 Å². The lowest BCUT2D eigenvalue weighted by Gasteiger charge is -2.30. The number of amides is 3. The Labute approximate surface area is 430 Å². The fourth-order valence-electron chi connectivity index (χ4n) is 9.42. The van der Waals surface area contributed by atoms with Gasteiger partial charge in [-0.1, -0.05) is 61.8 Å². The SMILES string of the molecule is Cc1ncsc1-c1ccc([C@H](C)NC(=O)[C@@H]2C[C@@H](O)CN2C(=O)C(C(C)C)n2cc(-c3cc(F)cc(O[C@H](C)CNC(=O)C[C@@H]4N=C(c5ccc(Cl)cc5)c5c(sc(C)c5C)-n5c(C)nnc54)c3)cn2)cc1. The van der Waals surface area contributed by atoms with Crippen LogP contribution in [0.4, 0.5) is 4.39 Å². The Morgan fingerprint density at radius 1 is 0.944 bits per heavy atom. The van der Waals surface area contributed by atoms with Gasteiger partial charge in [0.2, 0.25) is 17.7 Å². The zero-order valence-corrected chi connectivity index (χ0v) is 43.6. The number of aliphatic hydroxyl groups excluding tert-OH is 1. The van der Waals surface area contributed by atoms with E-state index in [0.717, 1.165) is 54.0 Å². The van der Waals surface area contributed by atoms with E-state index < -0.39 is 36.2 Å². The Balaban J connectivity index is 0.850. The molecule has 3 amide bonds. The van der Waals surface area contributed by atoms with Crippen molar-refractivity contribution in [2.45, 2.75) is 105 Å². The molecule has 9 rings (SSSR count). The molecule has 1 unspecified atom stereocenters. The molecule has 0 spiro atoms. The number of hydrogen-bond donors (Lipinski definition) is 3. The number of rotatable bonds is 15. The molecule has 7 aromatic rings. The summed E-state index contributed by atoms with van der Waals surface area (Å²) in [5, 5.41) is 31.8. The minimum atomic E-state index is -0.896. The molecule has 374 valence electrons. The van der Waals surface area contributed by atoms with Gasteiger partial charge in [0.1, 0.15) is 46.6 Å². The smallest absolute Gasteiger partial charge is 0.248 e. The Morgan fingerprint density at radius 2 is 1.68 bits per heavy atom. The van der Waals surface area contributed by atoms with Crippen molar-refractivity contribution in [3.63, 3.8) is 0 Å². The number of halogens is 2. The van der Waals surface area contributed by atoms with E-state index in [2.05, 4.69) is 44.8 Å². The van der Waals surface area contributed by atoms with Gasteiger partial charge in [-0.3, -0.25) is 28.6 Å². The second-order valence-corrected chi connectivity index (χ2v) is 21.4. The third-order valence-corrected chi connectivity index (χ3v) is 15.7. The van der Waals surface area contributed by atoms with Gasteiger partial charge in [-0.25, -0.2) is 9.37 Å². The minimum absolute atomic E-state index is 0.00716. The van der Waals surface area contributed by atoms with Crippen LogP contribution in [0.5, 0.6) is 5.75 Å². The van der Waals surface area contributed by atoms with Crippen LogP contribution in [0.2, 0.25) is 5.02 Å². The summed E-state index contributed by atoms with van der Waals surface area (Å²) in [6.07, 6.45) is 1.85. The molecule has 15 nitrogen and oxygen atoms in total. The molecule has 3 aromatic carbocycles. The molecule has 4 aromatic heterocycles. The summed E-state index contributed by atoms with van der Waals surface area (Å²) in [6, 6.07) is 17.0. The van der Waals surface area contributed by atoms with Gasteiger partial charge >= 0.3 is 0 Å². The number of likely N-dealkylation sites (tertiary alicyclic amines) is 1. The molecule has 6 atom stereocenters. The number of thiophene rings is 1. The fraction of sp³-hybridized carbons (Fsp3) is 0.358. The van der Waals surface area contributed by atoms with Crippen LogP contribution in [0, 0.1) is 39.4 Å². The number of carbonyl (C=O) groups is 3. The van der Waals surface area contributed by atoms with Gasteiger partial charge in [-0.05, 0) is 94.0 Å².